The van der Waals surface area contributed by atoms with E-state index in [1.165, 1.54) is 7.11 Å². The highest BCUT2D eigenvalue weighted by atomic mass is 32.2. The van der Waals surface area contributed by atoms with Crippen molar-refractivity contribution in [2.75, 3.05) is 11.8 Å². The van der Waals surface area contributed by atoms with E-state index in [9.17, 15) is 8.42 Å². The highest BCUT2D eigenvalue weighted by Crippen LogP contribution is 2.47. The number of nitrogens with zero attached hydrogens (tertiary/aromatic N) is 5. The third kappa shape index (κ3) is 4.17. The van der Waals surface area contributed by atoms with Gasteiger partial charge in [0.15, 0.2) is 11.6 Å². The first-order valence-corrected chi connectivity index (χ1v) is 11.6. The number of aromatic nitrogens is 5. The molecule has 1 aliphatic carbocycles. The Labute approximate surface area is 182 Å². The Morgan fingerprint density at radius 3 is 2.35 bits per heavy atom. The van der Waals surface area contributed by atoms with Crippen LogP contribution in [0.5, 0.6) is 0 Å². The van der Waals surface area contributed by atoms with Crippen molar-refractivity contribution >= 4 is 16.0 Å². The molecule has 0 radical (unpaired) electrons. The highest BCUT2D eigenvalue weighted by molar-refractivity contribution is 7.93. The zero-order valence-corrected chi connectivity index (χ0v) is 18.8. The van der Waals surface area contributed by atoms with Gasteiger partial charge in [-0.25, -0.2) is 18.4 Å². The summed E-state index contributed by atoms with van der Waals surface area (Å²) >= 11 is 0. The standard InChI is InChI=1S/C21H26N6O3S/c1-14-12-22-18(23-13-14)17(30-4)15(2)31(28,29)26-20-25-24-19(16-8-6-5-7-9-16)27(20)21(3)10-11-21/h5-9,12-13,15,17H,10-11H2,1-4H3,(H,25,26)/t15?,17-/m0/s1. The summed E-state index contributed by atoms with van der Waals surface area (Å²) in [6.07, 6.45) is 4.29. The van der Waals surface area contributed by atoms with Crippen LogP contribution in [0, 0.1) is 6.92 Å². The minimum absolute atomic E-state index is 0.199. The van der Waals surface area contributed by atoms with Crippen LogP contribution in [0.4, 0.5) is 5.95 Å². The lowest BCUT2D eigenvalue weighted by atomic mass is 10.2. The molecule has 1 aliphatic rings. The number of hydrogen-bond acceptors (Lipinski definition) is 7. The Bertz CT molecular complexity index is 1160. The summed E-state index contributed by atoms with van der Waals surface area (Å²) in [5.41, 5.74) is 1.53. The van der Waals surface area contributed by atoms with E-state index in [1.54, 1.807) is 19.3 Å². The first kappa shape index (κ1) is 21.4. The molecule has 1 fully saturated rings. The Morgan fingerprint density at radius 1 is 1.13 bits per heavy atom. The molecule has 0 aliphatic heterocycles. The fourth-order valence-corrected chi connectivity index (χ4v) is 4.61. The highest BCUT2D eigenvalue weighted by Gasteiger charge is 2.44. The molecule has 0 bridgehead atoms. The van der Waals surface area contributed by atoms with Crippen LogP contribution in [0.1, 0.15) is 44.2 Å². The van der Waals surface area contributed by atoms with Gasteiger partial charge in [0.2, 0.25) is 16.0 Å². The Kier molecular flexibility index (Phi) is 5.52. The van der Waals surface area contributed by atoms with E-state index in [0.29, 0.717) is 11.6 Å². The van der Waals surface area contributed by atoms with Gasteiger partial charge in [0.1, 0.15) is 11.4 Å². The Morgan fingerprint density at radius 2 is 1.77 bits per heavy atom. The largest absolute Gasteiger partial charge is 0.372 e. The molecular formula is C21H26N6O3S. The van der Waals surface area contributed by atoms with Gasteiger partial charge in [-0.3, -0.25) is 9.29 Å². The van der Waals surface area contributed by atoms with Crippen molar-refractivity contribution in [3.05, 3.63) is 54.1 Å². The van der Waals surface area contributed by atoms with Gasteiger partial charge in [-0.05, 0) is 39.2 Å². The molecule has 0 spiro atoms. The average Bonchev–Trinajstić information content (AvgIpc) is 3.36. The molecule has 0 amide bonds. The van der Waals surface area contributed by atoms with Crippen LogP contribution in [-0.2, 0) is 20.3 Å². The van der Waals surface area contributed by atoms with Gasteiger partial charge in [0, 0.05) is 30.6 Å². The fraction of sp³-hybridized carbons (Fsp3) is 0.429. The van der Waals surface area contributed by atoms with Gasteiger partial charge in [0.25, 0.3) is 0 Å². The van der Waals surface area contributed by atoms with Crippen molar-refractivity contribution in [3.63, 3.8) is 0 Å². The topological polar surface area (TPSA) is 112 Å². The Hall–Kier alpha value is -2.85. The maximum absolute atomic E-state index is 13.3. The van der Waals surface area contributed by atoms with Crippen LogP contribution < -0.4 is 4.72 Å². The molecule has 1 unspecified atom stereocenters. The lowest BCUT2D eigenvalue weighted by Crippen LogP contribution is -2.34. The number of ether oxygens (including phenoxy) is 1. The Balaban J connectivity index is 1.66. The third-order valence-electron chi connectivity index (χ3n) is 5.67. The summed E-state index contributed by atoms with van der Waals surface area (Å²) < 4.78 is 36.5. The molecule has 10 heteroatoms. The van der Waals surface area contributed by atoms with Crippen molar-refractivity contribution in [1.29, 1.82) is 0 Å². The zero-order chi connectivity index (χ0) is 22.2. The molecule has 4 rings (SSSR count). The van der Waals surface area contributed by atoms with E-state index in [4.69, 9.17) is 4.74 Å². The van der Waals surface area contributed by atoms with Crippen LogP contribution in [0.3, 0.4) is 0 Å². The fourth-order valence-electron chi connectivity index (χ4n) is 3.48. The molecule has 31 heavy (non-hydrogen) atoms. The number of rotatable bonds is 8. The molecule has 0 saturated heterocycles. The molecular weight excluding hydrogens is 416 g/mol. The van der Waals surface area contributed by atoms with E-state index < -0.39 is 21.4 Å². The molecule has 2 heterocycles. The van der Waals surface area contributed by atoms with E-state index in [-0.39, 0.29) is 11.5 Å². The van der Waals surface area contributed by atoms with Gasteiger partial charge in [-0.15, -0.1) is 10.2 Å². The van der Waals surface area contributed by atoms with E-state index in [2.05, 4.69) is 31.8 Å². The van der Waals surface area contributed by atoms with Crippen molar-refractivity contribution in [1.82, 2.24) is 24.7 Å². The molecule has 164 valence electrons. The summed E-state index contributed by atoms with van der Waals surface area (Å²) in [6, 6.07) is 9.62. The van der Waals surface area contributed by atoms with Gasteiger partial charge in [-0.2, -0.15) is 0 Å². The third-order valence-corrected chi connectivity index (χ3v) is 7.36. The van der Waals surface area contributed by atoms with Crippen molar-refractivity contribution in [2.24, 2.45) is 0 Å². The maximum Gasteiger partial charge on any atom is 0.240 e. The van der Waals surface area contributed by atoms with Gasteiger partial charge in [-0.1, -0.05) is 30.3 Å². The smallest absolute Gasteiger partial charge is 0.240 e. The number of benzene rings is 1. The molecule has 2 aromatic heterocycles. The molecule has 1 saturated carbocycles. The van der Waals surface area contributed by atoms with Crippen molar-refractivity contribution < 1.29 is 13.2 Å². The SMILES string of the molecule is CO[C@H](c1ncc(C)cn1)C(C)S(=O)(=O)Nc1nnc(-c2ccccc2)n1C1(C)CC1. The van der Waals surface area contributed by atoms with Crippen LogP contribution in [0.25, 0.3) is 11.4 Å². The number of anilines is 1. The van der Waals surface area contributed by atoms with Gasteiger partial charge in [0.05, 0.1) is 0 Å². The summed E-state index contributed by atoms with van der Waals surface area (Å²) in [5.74, 6) is 1.15. The second-order valence-corrected chi connectivity index (χ2v) is 10.2. The second-order valence-electron chi connectivity index (χ2n) is 8.17. The number of nitrogens with one attached hydrogen (secondary N) is 1. The van der Waals surface area contributed by atoms with Gasteiger partial charge >= 0.3 is 0 Å². The van der Waals surface area contributed by atoms with E-state index in [1.807, 2.05) is 41.8 Å². The van der Waals surface area contributed by atoms with Crippen LogP contribution in [0.15, 0.2) is 42.7 Å². The summed E-state index contributed by atoms with van der Waals surface area (Å²) in [7, 11) is -2.44. The number of methoxy groups -OCH3 is 1. The molecule has 3 aromatic rings. The quantitative estimate of drug-likeness (QED) is 0.570. The molecule has 1 N–H and O–H groups in total. The lowest BCUT2D eigenvalue weighted by Gasteiger charge is -2.23. The summed E-state index contributed by atoms with van der Waals surface area (Å²) in [4.78, 5) is 8.48. The molecule has 1 aromatic carbocycles. The minimum Gasteiger partial charge on any atom is -0.372 e. The van der Waals surface area contributed by atoms with E-state index in [0.717, 1.165) is 24.0 Å². The van der Waals surface area contributed by atoms with Crippen LogP contribution >= 0.6 is 0 Å². The van der Waals surface area contributed by atoms with Crippen molar-refractivity contribution in [3.8, 4) is 11.4 Å². The van der Waals surface area contributed by atoms with Crippen molar-refractivity contribution in [2.45, 2.75) is 50.5 Å². The number of hydrogen-bond donors (Lipinski definition) is 1. The first-order chi connectivity index (χ1) is 14.7. The predicted octanol–water partition coefficient (Wildman–Crippen LogP) is 3.07. The summed E-state index contributed by atoms with van der Waals surface area (Å²) in [6.45, 7) is 5.50. The number of aryl methyl sites for hydroxylation is 1. The second kappa shape index (κ2) is 8.01. The maximum atomic E-state index is 13.3. The normalized spacial score (nSPS) is 17.2. The number of sulfonamides is 1. The molecule has 2 atom stereocenters. The van der Waals surface area contributed by atoms with E-state index >= 15 is 0 Å². The predicted molar refractivity (Wildman–Crippen MR) is 117 cm³/mol. The monoisotopic (exact) mass is 442 g/mol. The van der Waals surface area contributed by atoms with Crippen LogP contribution in [-0.4, -0.2) is 45.5 Å². The average molecular weight is 443 g/mol. The first-order valence-electron chi connectivity index (χ1n) is 10.1. The zero-order valence-electron chi connectivity index (χ0n) is 18.0. The molecule has 9 nitrogen and oxygen atoms in total. The van der Waals surface area contributed by atoms with Crippen LogP contribution in [0.2, 0.25) is 0 Å². The van der Waals surface area contributed by atoms with Gasteiger partial charge < -0.3 is 4.74 Å². The summed E-state index contributed by atoms with van der Waals surface area (Å²) in [5, 5.41) is 7.53. The minimum atomic E-state index is -3.89. The lowest BCUT2D eigenvalue weighted by molar-refractivity contribution is 0.0949.